The summed E-state index contributed by atoms with van der Waals surface area (Å²) in [6.07, 6.45) is 37.8. The maximum absolute atomic E-state index is 12.7. The van der Waals surface area contributed by atoms with E-state index in [9.17, 15) is 23.8 Å². The molecule has 0 heterocycles. The minimum atomic E-state index is -4.51. The summed E-state index contributed by atoms with van der Waals surface area (Å²) in [7, 11) is -4.51. The number of carbonyl (C=O) groups is 3. The number of phosphoric ester groups is 1. The molecule has 0 saturated carbocycles. The van der Waals surface area contributed by atoms with Crippen molar-refractivity contribution in [1.29, 1.82) is 0 Å². The summed E-state index contributed by atoms with van der Waals surface area (Å²) in [5, 5.41) is 2.67. The van der Waals surface area contributed by atoms with E-state index in [1.807, 2.05) is 13.8 Å². The van der Waals surface area contributed by atoms with Gasteiger partial charge in [-0.2, -0.15) is 0 Å². The Morgan fingerprint density at radius 1 is 0.534 bits per heavy atom. The quantitative estimate of drug-likeness (QED) is 0.0348. The molecule has 344 valence electrons. The lowest BCUT2D eigenvalue weighted by Crippen LogP contribution is -2.30. The van der Waals surface area contributed by atoms with Gasteiger partial charge in [0.1, 0.15) is 6.61 Å². The minimum absolute atomic E-state index is 0.0533. The van der Waals surface area contributed by atoms with E-state index in [0.717, 1.165) is 44.9 Å². The van der Waals surface area contributed by atoms with E-state index in [4.69, 9.17) is 18.5 Å². The lowest BCUT2D eigenvalue weighted by molar-refractivity contribution is -0.161. The second-order valence-corrected chi connectivity index (χ2v) is 18.3. The molecule has 0 aliphatic rings. The molecule has 0 fully saturated rings. The molecule has 0 aromatic carbocycles. The Balaban J connectivity index is 4.44. The summed E-state index contributed by atoms with van der Waals surface area (Å²) in [4.78, 5) is 47.5. The maximum Gasteiger partial charge on any atom is 0.472 e. The Hall–Kier alpha value is -1.48. The van der Waals surface area contributed by atoms with E-state index in [1.165, 1.54) is 148 Å². The number of carbonyl (C=O) groups excluding carboxylic acids is 3. The largest absolute Gasteiger partial charge is 0.472 e. The normalized spacial score (nSPS) is 13.5. The van der Waals surface area contributed by atoms with Crippen LogP contribution in [0.15, 0.2) is 0 Å². The molecule has 1 amide bonds. The molecule has 0 aromatic heterocycles. The highest BCUT2D eigenvalue weighted by atomic mass is 31.2. The highest BCUT2D eigenvalue weighted by molar-refractivity contribution is 7.47. The second-order valence-electron chi connectivity index (χ2n) is 16.9. The first-order chi connectivity index (χ1) is 28.1. The number of hydrogen-bond acceptors (Lipinski definition) is 8. The van der Waals surface area contributed by atoms with Gasteiger partial charge in [-0.25, -0.2) is 4.57 Å². The van der Waals surface area contributed by atoms with Crippen LogP contribution in [0.5, 0.6) is 0 Å². The third-order valence-electron chi connectivity index (χ3n) is 11.0. The SMILES string of the molecule is CCCCCCCCCCCCCCCCCC(=O)OC[C@H](COP(=O)(O)OCCNC(=O)CC(C)CC)OC(=O)CCCCCCCCCCCCCCCCC. The zero-order valence-electron chi connectivity index (χ0n) is 38.2. The van der Waals surface area contributed by atoms with Crippen molar-refractivity contribution in [2.24, 2.45) is 5.92 Å². The number of unbranched alkanes of at least 4 members (excludes halogenated alkanes) is 28. The third-order valence-corrected chi connectivity index (χ3v) is 12.0. The Labute approximate surface area is 356 Å². The fraction of sp³-hybridized carbons (Fsp3) is 0.936. The highest BCUT2D eigenvalue weighted by Gasteiger charge is 2.26. The number of nitrogens with one attached hydrogen (secondary N) is 1. The second kappa shape index (κ2) is 42.2. The molecule has 0 aromatic rings. The first-order valence-electron chi connectivity index (χ1n) is 24.4. The van der Waals surface area contributed by atoms with E-state index in [-0.39, 0.29) is 44.4 Å². The van der Waals surface area contributed by atoms with E-state index in [0.29, 0.717) is 12.8 Å². The van der Waals surface area contributed by atoms with Crippen LogP contribution in [0.3, 0.4) is 0 Å². The predicted octanol–water partition coefficient (Wildman–Crippen LogP) is 13.7. The molecule has 2 N–H and O–H groups in total. The van der Waals surface area contributed by atoms with Crippen LogP contribution in [-0.4, -0.2) is 55.2 Å². The van der Waals surface area contributed by atoms with Crippen LogP contribution in [-0.2, 0) is 37.5 Å². The molecule has 0 aliphatic heterocycles. The van der Waals surface area contributed by atoms with Crippen molar-refractivity contribution in [1.82, 2.24) is 5.32 Å². The predicted molar refractivity (Wildman–Crippen MR) is 239 cm³/mol. The van der Waals surface area contributed by atoms with Crippen molar-refractivity contribution in [3.63, 3.8) is 0 Å². The van der Waals surface area contributed by atoms with Crippen LogP contribution in [0, 0.1) is 5.92 Å². The third kappa shape index (κ3) is 41.3. The van der Waals surface area contributed by atoms with Crippen molar-refractivity contribution < 1.29 is 42.4 Å². The van der Waals surface area contributed by atoms with Crippen molar-refractivity contribution >= 4 is 25.7 Å². The van der Waals surface area contributed by atoms with Gasteiger partial charge in [0.25, 0.3) is 0 Å². The number of amides is 1. The summed E-state index contributed by atoms with van der Waals surface area (Å²) in [6, 6.07) is 0. The zero-order chi connectivity index (χ0) is 42.8. The molecule has 0 rings (SSSR count). The van der Waals surface area contributed by atoms with Crippen molar-refractivity contribution in [2.75, 3.05) is 26.4 Å². The van der Waals surface area contributed by atoms with Gasteiger partial charge in [-0.3, -0.25) is 23.4 Å². The summed E-state index contributed by atoms with van der Waals surface area (Å²) in [5.41, 5.74) is 0. The summed E-state index contributed by atoms with van der Waals surface area (Å²) in [6.45, 7) is 7.59. The van der Waals surface area contributed by atoms with Gasteiger partial charge in [0.15, 0.2) is 6.10 Å². The van der Waals surface area contributed by atoms with Crippen molar-refractivity contribution in [2.45, 2.75) is 252 Å². The Morgan fingerprint density at radius 2 is 0.914 bits per heavy atom. The van der Waals surface area contributed by atoms with Crippen molar-refractivity contribution in [3.8, 4) is 0 Å². The molecule has 11 heteroatoms. The zero-order valence-corrected chi connectivity index (χ0v) is 39.1. The van der Waals surface area contributed by atoms with Gasteiger partial charge in [0, 0.05) is 25.8 Å². The van der Waals surface area contributed by atoms with Crippen molar-refractivity contribution in [3.05, 3.63) is 0 Å². The Kier molecular flexibility index (Phi) is 41.1. The van der Waals surface area contributed by atoms with Crippen LogP contribution in [0.2, 0.25) is 0 Å². The first-order valence-corrected chi connectivity index (χ1v) is 25.9. The lowest BCUT2D eigenvalue weighted by Gasteiger charge is -2.20. The Bertz CT molecular complexity index is 997. The molecule has 3 atom stereocenters. The summed E-state index contributed by atoms with van der Waals surface area (Å²) in [5.74, 6) is -0.766. The van der Waals surface area contributed by atoms with Crippen LogP contribution >= 0.6 is 7.82 Å². The molecule has 10 nitrogen and oxygen atoms in total. The van der Waals surface area contributed by atoms with Crippen LogP contribution < -0.4 is 5.32 Å². The number of phosphoric acid groups is 1. The smallest absolute Gasteiger partial charge is 0.462 e. The maximum atomic E-state index is 12.7. The molecule has 0 saturated heterocycles. The van der Waals surface area contributed by atoms with Gasteiger partial charge in [-0.15, -0.1) is 0 Å². The number of hydrogen-bond donors (Lipinski definition) is 2. The van der Waals surface area contributed by atoms with E-state index >= 15 is 0 Å². The first kappa shape index (κ1) is 56.5. The summed E-state index contributed by atoms with van der Waals surface area (Å²) >= 11 is 0. The fourth-order valence-electron chi connectivity index (χ4n) is 7.00. The molecule has 2 unspecified atom stereocenters. The molecule has 0 radical (unpaired) electrons. The average Bonchev–Trinajstić information content (AvgIpc) is 3.20. The molecule has 0 spiro atoms. The fourth-order valence-corrected chi connectivity index (χ4v) is 7.75. The lowest BCUT2D eigenvalue weighted by atomic mass is 10.0. The monoisotopic (exact) mass is 846 g/mol. The van der Waals surface area contributed by atoms with E-state index in [1.54, 1.807) is 0 Å². The van der Waals surface area contributed by atoms with Gasteiger partial charge in [0.05, 0.1) is 13.2 Å². The molecule has 58 heavy (non-hydrogen) atoms. The number of ether oxygens (including phenoxy) is 2. The van der Waals surface area contributed by atoms with Gasteiger partial charge >= 0.3 is 19.8 Å². The van der Waals surface area contributed by atoms with Gasteiger partial charge in [-0.05, 0) is 18.8 Å². The average molecular weight is 846 g/mol. The standard InChI is InChI=1S/C47H92NO9P/c1-5-8-10-12-14-16-18-20-22-24-26-28-30-32-34-36-46(50)54-41-44(42-56-58(52,53)55-39-38-48-45(49)40-43(4)7-3)57-47(51)37-35-33-31-29-27-25-23-21-19-17-15-13-11-9-6-2/h43-44H,5-42H2,1-4H3,(H,48,49)(H,52,53)/t43?,44-/m1/s1. The van der Waals surface area contributed by atoms with E-state index in [2.05, 4.69) is 19.2 Å². The summed E-state index contributed by atoms with van der Waals surface area (Å²) < 4.78 is 33.7. The van der Waals surface area contributed by atoms with Gasteiger partial charge in [-0.1, -0.05) is 214 Å². The van der Waals surface area contributed by atoms with Crippen LogP contribution in [0.4, 0.5) is 0 Å². The van der Waals surface area contributed by atoms with Gasteiger partial charge < -0.3 is 19.7 Å². The van der Waals surface area contributed by atoms with Gasteiger partial charge in [0.2, 0.25) is 5.91 Å². The van der Waals surface area contributed by atoms with Crippen LogP contribution in [0.25, 0.3) is 0 Å². The highest BCUT2D eigenvalue weighted by Crippen LogP contribution is 2.43. The van der Waals surface area contributed by atoms with E-state index < -0.39 is 32.5 Å². The molecular weight excluding hydrogens is 753 g/mol. The number of rotatable bonds is 45. The molecule has 0 aliphatic carbocycles. The number of esters is 2. The topological polar surface area (TPSA) is 137 Å². The molecule has 0 bridgehead atoms. The Morgan fingerprint density at radius 3 is 1.31 bits per heavy atom. The van der Waals surface area contributed by atoms with Crippen LogP contribution in [0.1, 0.15) is 246 Å². The molecular formula is C47H92NO9P. The minimum Gasteiger partial charge on any atom is -0.462 e.